The normalized spacial score (nSPS) is 27.9. The summed E-state index contributed by atoms with van der Waals surface area (Å²) >= 11 is 0. The first-order valence-corrected chi connectivity index (χ1v) is 7.97. The monoisotopic (exact) mass is 271 g/mol. The van der Waals surface area contributed by atoms with Crippen LogP contribution in [0.5, 0.6) is 0 Å². The van der Waals surface area contributed by atoms with E-state index in [0.717, 1.165) is 6.42 Å². The van der Waals surface area contributed by atoms with Crippen LogP contribution >= 0.6 is 0 Å². The summed E-state index contributed by atoms with van der Waals surface area (Å²) in [6, 6.07) is 11.6. The first-order chi connectivity index (χ1) is 9.83. The molecule has 0 heterocycles. The molecule has 0 radical (unpaired) electrons. The molecule has 3 nitrogen and oxygen atoms in total. The molecule has 0 aliphatic heterocycles. The van der Waals surface area contributed by atoms with Crippen LogP contribution in [0, 0.1) is 0 Å². The lowest BCUT2D eigenvalue weighted by atomic mass is 10.1. The molecular formula is C17H25N3. The van der Waals surface area contributed by atoms with E-state index in [9.17, 15) is 0 Å². The summed E-state index contributed by atoms with van der Waals surface area (Å²) in [6.07, 6.45) is 8.99. The maximum absolute atomic E-state index is 6.08. The highest BCUT2D eigenvalue weighted by molar-refractivity contribution is 5.78. The third kappa shape index (κ3) is 3.53. The predicted molar refractivity (Wildman–Crippen MR) is 83.8 cm³/mol. The molecule has 3 rings (SSSR count). The van der Waals surface area contributed by atoms with E-state index in [4.69, 9.17) is 5.73 Å². The largest absolute Gasteiger partial charge is 0.370 e. The van der Waals surface area contributed by atoms with Gasteiger partial charge in [-0.3, -0.25) is 0 Å². The third-order valence-electron chi connectivity index (χ3n) is 4.50. The Labute approximate surface area is 121 Å². The number of aliphatic imine (C=N–C) groups is 1. The number of guanidine groups is 1. The summed E-state index contributed by atoms with van der Waals surface area (Å²) < 4.78 is 0. The van der Waals surface area contributed by atoms with Crippen molar-refractivity contribution >= 4 is 5.96 Å². The molecule has 2 atom stereocenters. The Balaban J connectivity index is 1.52. The van der Waals surface area contributed by atoms with Crippen molar-refractivity contribution < 1.29 is 0 Å². The first kappa shape index (κ1) is 13.5. The third-order valence-corrected chi connectivity index (χ3v) is 4.50. The van der Waals surface area contributed by atoms with Gasteiger partial charge in [0, 0.05) is 12.0 Å². The number of hydrogen-bond acceptors (Lipinski definition) is 1. The van der Waals surface area contributed by atoms with Crippen molar-refractivity contribution in [3.63, 3.8) is 0 Å². The average molecular weight is 271 g/mol. The highest BCUT2D eigenvalue weighted by atomic mass is 15.1. The van der Waals surface area contributed by atoms with E-state index in [1.54, 1.807) is 0 Å². The van der Waals surface area contributed by atoms with Gasteiger partial charge in [0.2, 0.25) is 0 Å². The molecule has 3 N–H and O–H groups in total. The molecule has 0 aromatic heterocycles. The predicted octanol–water partition coefficient (Wildman–Crippen LogP) is 3.17. The van der Waals surface area contributed by atoms with E-state index in [2.05, 4.69) is 40.6 Å². The molecule has 108 valence electrons. The molecule has 1 aromatic carbocycles. The highest BCUT2D eigenvalue weighted by Gasteiger charge is 2.38. The fourth-order valence-electron chi connectivity index (χ4n) is 3.23. The summed E-state index contributed by atoms with van der Waals surface area (Å²) in [7, 11) is 0. The van der Waals surface area contributed by atoms with Crippen molar-refractivity contribution in [2.75, 3.05) is 0 Å². The van der Waals surface area contributed by atoms with Crippen LogP contribution in [0.4, 0.5) is 0 Å². The lowest BCUT2D eigenvalue weighted by Crippen LogP contribution is -2.40. The van der Waals surface area contributed by atoms with Gasteiger partial charge in [-0.25, -0.2) is 4.99 Å². The molecule has 2 unspecified atom stereocenters. The SMILES string of the molecule is NC(=NC1CC1c1ccccc1)NC1CCCCCC1. The first-order valence-electron chi connectivity index (χ1n) is 7.97. The molecule has 2 fully saturated rings. The Kier molecular flexibility index (Phi) is 4.24. The van der Waals surface area contributed by atoms with Crippen LogP contribution in [0.3, 0.4) is 0 Å². The quantitative estimate of drug-likeness (QED) is 0.504. The summed E-state index contributed by atoms with van der Waals surface area (Å²) in [6.45, 7) is 0. The molecule has 0 saturated heterocycles. The molecule has 0 bridgehead atoms. The van der Waals surface area contributed by atoms with Gasteiger partial charge in [-0.05, 0) is 24.8 Å². The number of nitrogens with two attached hydrogens (primary N) is 1. The number of nitrogens with one attached hydrogen (secondary N) is 1. The summed E-state index contributed by atoms with van der Waals surface area (Å²) in [5.74, 6) is 1.23. The molecule has 2 saturated carbocycles. The van der Waals surface area contributed by atoms with E-state index in [1.165, 1.54) is 44.1 Å². The highest BCUT2D eigenvalue weighted by Crippen LogP contribution is 2.43. The summed E-state index contributed by atoms with van der Waals surface area (Å²) in [4.78, 5) is 4.65. The average Bonchev–Trinajstić information content (AvgIpc) is 3.24. The minimum absolute atomic E-state index is 0.385. The van der Waals surface area contributed by atoms with Crippen LogP contribution in [0.25, 0.3) is 0 Å². The number of rotatable bonds is 3. The second-order valence-corrected chi connectivity index (χ2v) is 6.17. The van der Waals surface area contributed by atoms with Crippen molar-refractivity contribution in [2.45, 2.75) is 62.9 Å². The number of nitrogens with zero attached hydrogens (tertiary/aromatic N) is 1. The Bertz CT molecular complexity index is 447. The van der Waals surface area contributed by atoms with E-state index in [1.807, 2.05) is 0 Å². The minimum Gasteiger partial charge on any atom is -0.370 e. The van der Waals surface area contributed by atoms with Gasteiger partial charge in [0.15, 0.2) is 5.96 Å². The van der Waals surface area contributed by atoms with E-state index in [-0.39, 0.29) is 0 Å². The number of benzene rings is 1. The van der Waals surface area contributed by atoms with Gasteiger partial charge in [0.25, 0.3) is 0 Å². The van der Waals surface area contributed by atoms with Crippen molar-refractivity contribution in [3.05, 3.63) is 35.9 Å². The zero-order valence-corrected chi connectivity index (χ0v) is 12.1. The Morgan fingerprint density at radius 3 is 2.45 bits per heavy atom. The van der Waals surface area contributed by atoms with Crippen LogP contribution in [-0.2, 0) is 0 Å². The van der Waals surface area contributed by atoms with Gasteiger partial charge >= 0.3 is 0 Å². The second-order valence-electron chi connectivity index (χ2n) is 6.17. The Morgan fingerprint density at radius 1 is 1.05 bits per heavy atom. The molecule has 2 aliphatic carbocycles. The van der Waals surface area contributed by atoms with Gasteiger partial charge in [0.05, 0.1) is 6.04 Å². The van der Waals surface area contributed by atoms with Gasteiger partial charge in [-0.1, -0.05) is 56.0 Å². The number of hydrogen-bond donors (Lipinski definition) is 2. The Morgan fingerprint density at radius 2 is 1.75 bits per heavy atom. The van der Waals surface area contributed by atoms with E-state index < -0.39 is 0 Å². The molecular weight excluding hydrogens is 246 g/mol. The molecule has 2 aliphatic rings. The van der Waals surface area contributed by atoms with Gasteiger partial charge in [-0.2, -0.15) is 0 Å². The molecule has 0 amide bonds. The van der Waals surface area contributed by atoms with Gasteiger partial charge in [-0.15, -0.1) is 0 Å². The van der Waals surface area contributed by atoms with Gasteiger partial charge < -0.3 is 11.1 Å². The zero-order chi connectivity index (χ0) is 13.8. The fraction of sp³-hybridized carbons (Fsp3) is 0.588. The van der Waals surface area contributed by atoms with Crippen LogP contribution in [-0.4, -0.2) is 18.0 Å². The zero-order valence-electron chi connectivity index (χ0n) is 12.1. The summed E-state index contributed by atoms with van der Waals surface area (Å²) in [5, 5.41) is 3.43. The maximum atomic E-state index is 6.08. The van der Waals surface area contributed by atoms with Crippen molar-refractivity contribution in [1.82, 2.24) is 5.32 Å². The van der Waals surface area contributed by atoms with Crippen LogP contribution in [0.2, 0.25) is 0 Å². The molecule has 1 aromatic rings. The van der Waals surface area contributed by atoms with E-state index in [0.29, 0.717) is 24.0 Å². The van der Waals surface area contributed by atoms with E-state index >= 15 is 0 Å². The fourth-order valence-corrected chi connectivity index (χ4v) is 3.23. The summed E-state index contributed by atoms with van der Waals surface area (Å²) in [5.41, 5.74) is 7.47. The molecule has 20 heavy (non-hydrogen) atoms. The van der Waals surface area contributed by atoms with Crippen LogP contribution < -0.4 is 11.1 Å². The molecule has 0 spiro atoms. The smallest absolute Gasteiger partial charge is 0.189 e. The van der Waals surface area contributed by atoms with Crippen molar-refractivity contribution in [1.29, 1.82) is 0 Å². The van der Waals surface area contributed by atoms with Gasteiger partial charge in [0.1, 0.15) is 0 Å². The van der Waals surface area contributed by atoms with Crippen molar-refractivity contribution in [3.8, 4) is 0 Å². The Hall–Kier alpha value is -1.51. The molecule has 3 heteroatoms. The topological polar surface area (TPSA) is 50.4 Å². The van der Waals surface area contributed by atoms with Crippen molar-refractivity contribution in [2.24, 2.45) is 10.7 Å². The second kappa shape index (κ2) is 6.29. The van der Waals surface area contributed by atoms with Crippen LogP contribution in [0.1, 0.15) is 56.4 Å². The lowest BCUT2D eigenvalue weighted by molar-refractivity contribution is 0.530. The lowest BCUT2D eigenvalue weighted by Gasteiger charge is -2.16. The van der Waals surface area contributed by atoms with Crippen LogP contribution in [0.15, 0.2) is 35.3 Å². The standard InChI is InChI=1S/C17H25N3/c18-17(19-14-10-6-1-2-7-11-14)20-16-12-15(16)13-8-4-3-5-9-13/h3-5,8-9,14-16H,1-2,6-7,10-12H2,(H3,18,19,20). The minimum atomic E-state index is 0.385. The maximum Gasteiger partial charge on any atom is 0.189 e.